The molecular formula is C22H26N6O5. The van der Waals surface area contributed by atoms with E-state index in [-0.39, 0.29) is 28.7 Å². The Bertz CT molecular complexity index is 1140. The van der Waals surface area contributed by atoms with Gasteiger partial charge in [-0.25, -0.2) is 5.01 Å². The summed E-state index contributed by atoms with van der Waals surface area (Å²) in [6.45, 7) is 4.45. The van der Waals surface area contributed by atoms with E-state index in [0.29, 0.717) is 63.9 Å². The summed E-state index contributed by atoms with van der Waals surface area (Å²) in [4.78, 5) is 41.6. The fraction of sp³-hybridized carbons (Fsp3) is 0.455. The largest absolute Gasteiger partial charge is 0.378 e. The lowest BCUT2D eigenvalue weighted by molar-refractivity contribution is -0.128. The van der Waals surface area contributed by atoms with Crippen LogP contribution in [0.1, 0.15) is 11.3 Å². The van der Waals surface area contributed by atoms with Gasteiger partial charge in [0.1, 0.15) is 5.69 Å². The molecule has 11 nitrogen and oxygen atoms in total. The van der Waals surface area contributed by atoms with Crippen LogP contribution in [-0.2, 0) is 26.1 Å². The first-order chi connectivity index (χ1) is 16.0. The summed E-state index contributed by atoms with van der Waals surface area (Å²) in [5, 5.41) is 8.22. The summed E-state index contributed by atoms with van der Waals surface area (Å²) in [7, 11) is 3.11. The fourth-order valence-electron chi connectivity index (χ4n) is 3.62. The predicted octanol–water partition coefficient (Wildman–Crippen LogP) is -1.02. The number of carbonyl (C=O) groups is 2. The average Bonchev–Trinajstić information content (AvgIpc) is 3.28. The topological polar surface area (TPSA) is 112 Å². The molecule has 11 heteroatoms. The second kappa shape index (κ2) is 9.89. The van der Waals surface area contributed by atoms with E-state index in [2.05, 4.69) is 22.2 Å². The quantitative estimate of drug-likeness (QED) is 0.462. The standard InChI is InChI=1S/C22H26N6O5/c1-25-20(29)16(18(23-25)6-7-27-8-12-32-13-9-27)4-3-5-17-19(24-26(2)21(17)30)22(31)28-10-14-33-15-11-28/h3-5,23H,8-15H2,1-2H3/b4-3+,17-5+. The lowest BCUT2D eigenvalue weighted by Crippen LogP contribution is -2.44. The SMILES string of the molecule is CN1N=C(C(=O)N2CCOCC2)/C(=C\C=C\c2c(C#CN3CCOCC3)[nH]n(C)c2=O)C1=O. The Morgan fingerprint density at radius 2 is 1.73 bits per heavy atom. The molecule has 2 fully saturated rings. The molecule has 1 aromatic heterocycles. The highest BCUT2D eigenvalue weighted by atomic mass is 16.5. The molecule has 0 spiro atoms. The molecule has 1 N–H and O–H groups in total. The van der Waals surface area contributed by atoms with Gasteiger partial charge in [-0.3, -0.25) is 24.2 Å². The third kappa shape index (κ3) is 4.92. The first kappa shape index (κ1) is 22.6. The number of morpholine rings is 2. The molecule has 3 aliphatic heterocycles. The van der Waals surface area contributed by atoms with E-state index in [4.69, 9.17) is 9.47 Å². The second-order valence-corrected chi connectivity index (χ2v) is 7.72. The number of H-pyrrole nitrogens is 1. The number of hydrogen-bond donors (Lipinski definition) is 1. The van der Waals surface area contributed by atoms with E-state index < -0.39 is 0 Å². The van der Waals surface area contributed by atoms with Crippen molar-refractivity contribution in [2.24, 2.45) is 12.1 Å². The van der Waals surface area contributed by atoms with E-state index in [0.717, 1.165) is 5.01 Å². The predicted molar refractivity (Wildman–Crippen MR) is 120 cm³/mol. The van der Waals surface area contributed by atoms with Gasteiger partial charge in [0, 0.05) is 46.3 Å². The third-order valence-electron chi connectivity index (χ3n) is 5.49. The first-order valence-corrected chi connectivity index (χ1v) is 10.7. The Labute approximate surface area is 190 Å². The van der Waals surface area contributed by atoms with Crippen LogP contribution in [0.5, 0.6) is 0 Å². The van der Waals surface area contributed by atoms with Crippen LogP contribution in [0.4, 0.5) is 0 Å². The molecule has 4 heterocycles. The average molecular weight is 454 g/mol. The lowest BCUT2D eigenvalue weighted by atomic mass is 10.1. The number of rotatable bonds is 3. The van der Waals surface area contributed by atoms with Crippen LogP contribution < -0.4 is 5.56 Å². The number of allylic oxidation sites excluding steroid dienone is 2. The van der Waals surface area contributed by atoms with E-state index in [1.54, 1.807) is 24.1 Å². The maximum Gasteiger partial charge on any atom is 0.276 e. The molecule has 174 valence electrons. The maximum atomic E-state index is 12.9. The smallest absolute Gasteiger partial charge is 0.276 e. The van der Waals surface area contributed by atoms with Gasteiger partial charge >= 0.3 is 0 Å². The van der Waals surface area contributed by atoms with Crippen molar-refractivity contribution in [1.82, 2.24) is 24.6 Å². The number of nitrogens with zero attached hydrogens (tertiary/aromatic N) is 5. The van der Waals surface area contributed by atoms with E-state index in [9.17, 15) is 14.4 Å². The van der Waals surface area contributed by atoms with Gasteiger partial charge in [-0.2, -0.15) is 5.10 Å². The number of hydrazone groups is 1. The molecule has 2 saturated heterocycles. The molecule has 2 amide bonds. The van der Waals surface area contributed by atoms with Crippen LogP contribution in [0.15, 0.2) is 27.6 Å². The van der Waals surface area contributed by atoms with E-state index in [1.807, 2.05) is 4.90 Å². The van der Waals surface area contributed by atoms with Crippen molar-refractivity contribution in [3.05, 3.63) is 39.3 Å². The molecule has 0 radical (unpaired) electrons. The van der Waals surface area contributed by atoms with Gasteiger partial charge in [-0.15, -0.1) is 0 Å². The minimum Gasteiger partial charge on any atom is -0.378 e. The zero-order valence-corrected chi connectivity index (χ0v) is 18.7. The molecule has 0 saturated carbocycles. The number of likely N-dealkylation sites (N-methyl/N-ethyl adjacent to an activating group) is 1. The first-order valence-electron chi connectivity index (χ1n) is 10.7. The molecule has 3 aliphatic rings. The normalized spacial score (nSPS) is 20.4. The minimum absolute atomic E-state index is 0.0864. The van der Waals surface area contributed by atoms with Gasteiger partial charge in [0.05, 0.1) is 37.6 Å². The molecule has 33 heavy (non-hydrogen) atoms. The number of carbonyl (C=O) groups excluding carboxylic acids is 2. The van der Waals surface area contributed by atoms with Crippen molar-refractivity contribution in [1.29, 1.82) is 0 Å². The van der Waals surface area contributed by atoms with Gasteiger partial charge in [0.2, 0.25) is 0 Å². The Morgan fingerprint density at radius 1 is 1.06 bits per heavy atom. The van der Waals surface area contributed by atoms with Crippen molar-refractivity contribution in [2.45, 2.75) is 0 Å². The molecule has 0 bridgehead atoms. The Hall–Kier alpha value is -3.62. The minimum atomic E-state index is -0.384. The molecule has 0 unspecified atom stereocenters. The van der Waals surface area contributed by atoms with Crippen LogP contribution in [-0.4, -0.2) is 102 Å². The van der Waals surface area contributed by atoms with Gasteiger partial charge in [0.15, 0.2) is 5.71 Å². The molecule has 0 atom stereocenters. The highest BCUT2D eigenvalue weighted by Gasteiger charge is 2.34. The summed E-state index contributed by atoms with van der Waals surface area (Å²) in [6.07, 6.45) is 4.66. The summed E-state index contributed by atoms with van der Waals surface area (Å²) < 4.78 is 12.0. The van der Waals surface area contributed by atoms with Crippen molar-refractivity contribution in [2.75, 3.05) is 59.7 Å². The highest BCUT2D eigenvalue weighted by Crippen LogP contribution is 2.17. The van der Waals surface area contributed by atoms with Crippen molar-refractivity contribution in [3.63, 3.8) is 0 Å². The van der Waals surface area contributed by atoms with Crippen LogP contribution in [0, 0.1) is 12.0 Å². The van der Waals surface area contributed by atoms with E-state index in [1.165, 1.54) is 17.8 Å². The summed E-state index contributed by atoms with van der Waals surface area (Å²) in [5.41, 5.74) is 0.856. The Balaban J connectivity index is 1.57. The van der Waals surface area contributed by atoms with Crippen molar-refractivity contribution >= 4 is 23.6 Å². The van der Waals surface area contributed by atoms with Crippen LogP contribution in [0.2, 0.25) is 0 Å². The Kier molecular flexibility index (Phi) is 6.76. The number of amides is 2. The molecule has 0 aliphatic carbocycles. The Morgan fingerprint density at radius 3 is 2.42 bits per heavy atom. The number of ether oxygens (including phenoxy) is 2. The number of hydrogen-bond acceptors (Lipinski definition) is 7. The highest BCUT2D eigenvalue weighted by molar-refractivity contribution is 6.52. The molecule has 1 aromatic rings. The van der Waals surface area contributed by atoms with Gasteiger partial charge < -0.3 is 19.3 Å². The number of aromatic amines is 1. The number of aryl methyl sites for hydroxylation is 1. The summed E-state index contributed by atoms with van der Waals surface area (Å²) in [5.74, 6) is 2.31. The fourth-order valence-corrected chi connectivity index (χ4v) is 3.62. The van der Waals surface area contributed by atoms with Gasteiger partial charge in [-0.1, -0.05) is 6.08 Å². The van der Waals surface area contributed by atoms with E-state index >= 15 is 0 Å². The zero-order chi connectivity index (χ0) is 23.4. The third-order valence-corrected chi connectivity index (χ3v) is 5.49. The number of aromatic nitrogens is 2. The monoisotopic (exact) mass is 454 g/mol. The van der Waals surface area contributed by atoms with Gasteiger partial charge in [0.25, 0.3) is 17.4 Å². The van der Waals surface area contributed by atoms with Crippen LogP contribution >= 0.6 is 0 Å². The molecule has 0 aromatic carbocycles. The van der Waals surface area contributed by atoms with Crippen LogP contribution in [0.25, 0.3) is 6.08 Å². The summed E-state index contributed by atoms with van der Waals surface area (Å²) >= 11 is 0. The van der Waals surface area contributed by atoms with Crippen molar-refractivity contribution in [3.8, 4) is 12.0 Å². The molecule has 4 rings (SSSR count). The summed E-state index contributed by atoms with van der Waals surface area (Å²) in [6, 6.07) is 3.05. The molecular weight excluding hydrogens is 428 g/mol. The lowest BCUT2D eigenvalue weighted by Gasteiger charge is -2.26. The zero-order valence-electron chi connectivity index (χ0n) is 18.7. The van der Waals surface area contributed by atoms with Crippen LogP contribution in [0.3, 0.4) is 0 Å². The van der Waals surface area contributed by atoms with Gasteiger partial charge in [-0.05, 0) is 18.1 Å². The number of nitrogens with one attached hydrogen (secondary N) is 1. The van der Waals surface area contributed by atoms with Crippen molar-refractivity contribution < 1.29 is 19.1 Å². The maximum absolute atomic E-state index is 12.9. The second-order valence-electron chi connectivity index (χ2n) is 7.72.